The largest absolute Gasteiger partial charge is 0.338 e. The van der Waals surface area contributed by atoms with Crippen LogP contribution < -0.4 is 5.73 Å². The lowest BCUT2D eigenvalue weighted by Gasteiger charge is -2.19. The summed E-state index contributed by atoms with van der Waals surface area (Å²) in [6, 6.07) is 0.657. The van der Waals surface area contributed by atoms with Crippen molar-refractivity contribution in [3.05, 3.63) is 17.5 Å². The van der Waals surface area contributed by atoms with Crippen molar-refractivity contribution in [2.24, 2.45) is 17.6 Å². The topological polar surface area (TPSA) is 64.2 Å². The van der Waals surface area contributed by atoms with Crippen LogP contribution in [0, 0.1) is 18.8 Å². The van der Waals surface area contributed by atoms with Gasteiger partial charge in [0.15, 0.2) is 0 Å². The van der Waals surface area contributed by atoms with Crippen LogP contribution in [0.15, 0.2) is 6.20 Å². The first-order valence-electron chi connectivity index (χ1n) is 8.65. The summed E-state index contributed by atoms with van der Waals surface area (Å²) in [7, 11) is 0. The molecule has 3 atom stereocenters. The summed E-state index contributed by atoms with van der Waals surface area (Å²) in [5, 5.41) is 4.48. The fraction of sp³-hybridized carbons (Fsp3) is 0.765. The van der Waals surface area contributed by atoms with Crippen molar-refractivity contribution >= 4 is 18.3 Å². The van der Waals surface area contributed by atoms with Crippen molar-refractivity contribution in [1.29, 1.82) is 0 Å². The Morgan fingerprint density at radius 3 is 2.65 bits per heavy atom. The molecule has 2 N–H and O–H groups in total. The second-order valence-corrected chi connectivity index (χ2v) is 6.93. The van der Waals surface area contributed by atoms with Crippen LogP contribution in [-0.4, -0.2) is 39.7 Å². The molecule has 1 aliphatic heterocycles. The molecule has 1 aliphatic carbocycles. The Kier molecular flexibility index (Phi) is 5.74. The van der Waals surface area contributed by atoms with Gasteiger partial charge in [-0.2, -0.15) is 5.10 Å². The lowest BCUT2D eigenvalue weighted by molar-refractivity contribution is 0.0778. The highest BCUT2D eigenvalue weighted by Crippen LogP contribution is 2.37. The van der Waals surface area contributed by atoms with Gasteiger partial charge in [0, 0.05) is 24.8 Å². The summed E-state index contributed by atoms with van der Waals surface area (Å²) >= 11 is 0. The normalized spacial score (nSPS) is 26.5. The highest BCUT2D eigenvalue weighted by molar-refractivity contribution is 5.95. The molecule has 1 saturated carbocycles. The summed E-state index contributed by atoms with van der Waals surface area (Å²) < 4.78 is 2.02. The van der Waals surface area contributed by atoms with Crippen molar-refractivity contribution in [3.8, 4) is 0 Å². The number of carbonyl (C=O) groups is 1. The Morgan fingerprint density at radius 2 is 2.04 bits per heavy atom. The molecule has 0 radical (unpaired) electrons. The highest BCUT2D eigenvalue weighted by Gasteiger charge is 2.43. The molecule has 2 aliphatic rings. The molecule has 1 amide bonds. The van der Waals surface area contributed by atoms with Crippen molar-refractivity contribution in [2.45, 2.75) is 58.5 Å². The number of amides is 1. The van der Waals surface area contributed by atoms with Gasteiger partial charge in [-0.15, -0.1) is 12.4 Å². The minimum atomic E-state index is 0. The van der Waals surface area contributed by atoms with Gasteiger partial charge in [0.2, 0.25) is 0 Å². The molecule has 1 saturated heterocycles. The van der Waals surface area contributed by atoms with Crippen LogP contribution in [0.1, 0.15) is 61.6 Å². The van der Waals surface area contributed by atoms with Crippen LogP contribution in [0.4, 0.5) is 0 Å². The van der Waals surface area contributed by atoms with E-state index in [2.05, 4.69) is 18.9 Å². The van der Waals surface area contributed by atoms with Crippen molar-refractivity contribution in [3.63, 3.8) is 0 Å². The van der Waals surface area contributed by atoms with Crippen LogP contribution in [0.3, 0.4) is 0 Å². The maximum atomic E-state index is 12.8. The van der Waals surface area contributed by atoms with Crippen LogP contribution in [-0.2, 0) is 0 Å². The summed E-state index contributed by atoms with van der Waals surface area (Å²) in [6.07, 6.45) is 6.11. The first-order valence-corrected chi connectivity index (χ1v) is 8.65. The molecular formula is C17H29ClN4O. The third-order valence-electron chi connectivity index (χ3n) is 5.76. The maximum absolute atomic E-state index is 12.8. The molecule has 2 fully saturated rings. The SMILES string of the molecule is CCC(CC)n1ncc(C(=O)N2CC3CCC(N)C3C2)c1C.Cl. The van der Waals surface area contributed by atoms with E-state index in [1.807, 2.05) is 16.5 Å². The molecule has 2 heterocycles. The molecule has 1 aromatic heterocycles. The lowest BCUT2D eigenvalue weighted by atomic mass is 9.98. The molecule has 0 bridgehead atoms. The summed E-state index contributed by atoms with van der Waals surface area (Å²) in [6.45, 7) is 8.04. The highest BCUT2D eigenvalue weighted by atomic mass is 35.5. The first kappa shape index (κ1) is 18.3. The molecule has 1 aromatic rings. The standard InChI is InChI=1S/C17H28N4O.ClH/c1-4-13(5-2)21-11(3)14(8-19-21)17(22)20-9-12-6-7-16(18)15(12)10-20;/h8,12-13,15-16H,4-7,9-10,18H2,1-3H3;1H. The van der Waals surface area contributed by atoms with Gasteiger partial charge in [-0.3, -0.25) is 9.48 Å². The van der Waals surface area contributed by atoms with Gasteiger partial charge in [-0.1, -0.05) is 13.8 Å². The minimum absolute atomic E-state index is 0. The van der Waals surface area contributed by atoms with E-state index >= 15 is 0 Å². The van der Waals surface area contributed by atoms with Crippen LogP contribution in [0.25, 0.3) is 0 Å². The van der Waals surface area contributed by atoms with Gasteiger partial charge in [0.25, 0.3) is 5.91 Å². The van der Waals surface area contributed by atoms with E-state index in [0.29, 0.717) is 17.9 Å². The van der Waals surface area contributed by atoms with Gasteiger partial charge in [-0.25, -0.2) is 0 Å². The molecule has 5 nitrogen and oxygen atoms in total. The smallest absolute Gasteiger partial charge is 0.257 e. The van der Waals surface area contributed by atoms with E-state index in [1.54, 1.807) is 6.20 Å². The summed E-state index contributed by atoms with van der Waals surface area (Å²) in [5.41, 5.74) is 7.94. The summed E-state index contributed by atoms with van der Waals surface area (Å²) in [4.78, 5) is 14.8. The van der Waals surface area contributed by atoms with Gasteiger partial charge < -0.3 is 10.6 Å². The molecule has 6 heteroatoms. The number of hydrogen-bond acceptors (Lipinski definition) is 3. The van der Waals surface area contributed by atoms with Crippen molar-refractivity contribution in [1.82, 2.24) is 14.7 Å². The van der Waals surface area contributed by atoms with Gasteiger partial charge >= 0.3 is 0 Å². The van der Waals surface area contributed by atoms with Gasteiger partial charge in [0.05, 0.1) is 17.8 Å². The Bertz CT molecular complexity index is 555. The zero-order chi connectivity index (χ0) is 15.9. The van der Waals surface area contributed by atoms with Crippen molar-refractivity contribution in [2.75, 3.05) is 13.1 Å². The quantitative estimate of drug-likeness (QED) is 0.916. The minimum Gasteiger partial charge on any atom is -0.338 e. The third-order valence-corrected chi connectivity index (χ3v) is 5.76. The Hall–Kier alpha value is -1.07. The van der Waals surface area contributed by atoms with E-state index < -0.39 is 0 Å². The van der Waals surface area contributed by atoms with Crippen LogP contribution in [0.5, 0.6) is 0 Å². The predicted molar refractivity (Wildman–Crippen MR) is 93.9 cm³/mol. The molecule has 0 spiro atoms. The van der Waals surface area contributed by atoms with E-state index in [4.69, 9.17) is 5.73 Å². The molecule has 3 unspecified atom stereocenters. The fourth-order valence-electron chi connectivity index (χ4n) is 4.28. The number of rotatable bonds is 4. The number of nitrogens with two attached hydrogens (primary N) is 1. The van der Waals surface area contributed by atoms with Crippen LogP contribution >= 0.6 is 12.4 Å². The molecule has 23 heavy (non-hydrogen) atoms. The first-order chi connectivity index (χ1) is 10.6. The van der Waals surface area contributed by atoms with E-state index in [9.17, 15) is 4.79 Å². The zero-order valence-electron chi connectivity index (χ0n) is 14.4. The molecular weight excluding hydrogens is 312 g/mol. The number of likely N-dealkylation sites (tertiary alicyclic amines) is 1. The second kappa shape index (κ2) is 7.22. The average molecular weight is 341 g/mol. The maximum Gasteiger partial charge on any atom is 0.257 e. The van der Waals surface area contributed by atoms with Gasteiger partial charge in [-0.05, 0) is 44.4 Å². The number of aromatic nitrogens is 2. The average Bonchev–Trinajstić information content (AvgIpc) is 3.18. The second-order valence-electron chi connectivity index (χ2n) is 6.93. The molecule has 130 valence electrons. The molecule has 3 rings (SSSR count). The summed E-state index contributed by atoms with van der Waals surface area (Å²) in [5.74, 6) is 1.24. The lowest BCUT2D eigenvalue weighted by Crippen LogP contribution is -2.33. The van der Waals surface area contributed by atoms with Gasteiger partial charge in [0.1, 0.15) is 0 Å². The number of hydrogen-bond donors (Lipinski definition) is 1. The monoisotopic (exact) mass is 340 g/mol. The number of nitrogens with zero attached hydrogens (tertiary/aromatic N) is 3. The van der Waals surface area contributed by atoms with E-state index in [1.165, 1.54) is 6.42 Å². The Balaban J connectivity index is 0.00000192. The van der Waals surface area contributed by atoms with Crippen LogP contribution in [0.2, 0.25) is 0 Å². The van der Waals surface area contributed by atoms with Crippen molar-refractivity contribution < 1.29 is 4.79 Å². The van der Waals surface area contributed by atoms with E-state index in [0.717, 1.165) is 43.6 Å². The number of fused-ring (bicyclic) bond motifs is 1. The Morgan fingerprint density at radius 1 is 1.35 bits per heavy atom. The fourth-order valence-corrected chi connectivity index (χ4v) is 4.28. The Labute approximate surface area is 145 Å². The number of carbonyl (C=O) groups excluding carboxylic acids is 1. The van der Waals surface area contributed by atoms with E-state index in [-0.39, 0.29) is 24.4 Å². The zero-order valence-corrected chi connectivity index (χ0v) is 15.2. The predicted octanol–water partition coefficient (Wildman–Crippen LogP) is 2.78. The number of halogens is 1. The third kappa shape index (κ3) is 3.13. The molecule has 0 aromatic carbocycles.